The Morgan fingerprint density at radius 3 is 2.31 bits per heavy atom. The van der Waals surface area contributed by atoms with E-state index in [1.165, 1.54) is 6.07 Å². The molecule has 0 heterocycles. The number of hydrogen-bond donors (Lipinski definition) is 3. The van der Waals surface area contributed by atoms with Crippen LogP contribution in [0.3, 0.4) is 0 Å². The lowest BCUT2D eigenvalue weighted by atomic mass is 10.1. The first-order valence-electron chi connectivity index (χ1n) is 11.5. The lowest BCUT2D eigenvalue weighted by molar-refractivity contribution is 0.0939. The predicted octanol–water partition coefficient (Wildman–Crippen LogP) is 4.79. The average molecular weight is 496 g/mol. The molecule has 186 valence electrons. The third kappa shape index (κ3) is 7.07. The summed E-state index contributed by atoms with van der Waals surface area (Å²) in [5.41, 5.74) is 3.74. The van der Waals surface area contributed by atoms with Crippen LogP contribution in [0.1, 0.15) is 53.9 Å². The van der Waals surface area contributed by atoms with E-state index in [1.807, 2.05) is 62.4 Å². The second-order valence-electron chi connectivity index (χ2n) is 8.79. The molecule has 3 aromatic rings. The van der Waals surface area contributed by atoms with Gasteiger partial charge in [0.1, 0.15) is 5.75 Å². The normalized spacial score (nSPS) is 12.3. The summed E-state index contributed by atoms with van der Waals surface area (Å²) >= 11 is 0. The van der Waals surface area contributed by atoms with Crippen LogP contribution in [0.5, 0.6) is 5.75 Å². The summed E-state index contributed by atoms with van der Waals surface area (Å²) in [7, 11) is -2.18. The van der Waals surface area contributed by atoms with E-state index in [9.17, 15) is 13.2 Å². The van der Waals surface area contributed by atoms with Crippen LogP contribution in [0.4, 0.5) is 5.69 Å². The van der Waals surface area contributed by atoms with Crippen LogP contribution in [-0.2, 0) is 16.6 Å². The molecular formula is C27H33N3O4S. The number of aryl methyl sites for hydroxylation is 1. The molecule has 0 fully saturated rings. The van der Waals surface area contributed by atoms with Crippen LogP contribution >= 0.6 is 0 Å². The van der Waals surface area contributed by atoms with E-state index in [4.69, 9.17) is 4.74 Å². The highest BCUT2D eigenvalue weighted by atomic mass is 32.2. The summed E-state index contributed by atoms with van der Waals surface area (Å²) in [4.78, 5) is 13.1. The summed E-state index contributed by atoms with van der Waals surface area (Å²) in [5.74, 6) is 0.444. The average Bonchev–Trinajstić information content (AvgIpc) is 2.82. The van der Waals surface area contributed by atoms with Gasteiger partial charge in [0.05, 0.1) is 18.0 Å². The molecule has 3 N–H and O–H groups in total. The highest BCUT2D eigenvalue weighted by Crippen LogP contribution is 2.23. The maximum absolute atomic E-state index is 13.1. The number of sulfonamides is 1. The van der Waals surface area contributed by atoms with E-state index >= 15 is 0 Å². The van der Waals surface area contributed by atoms with Crippen molar-refractivity contribution >= 4 is 21.6 Å². The molecule has 0 bridgehead atoms. The molecule has 0 aliphatic rings. The van der Waals surface area contributed by atoms with Crippen molar-refractivity contribution in [2.24, 2.45) is 0 Å². The smallest absolute Gasteiger partial charge is 0.251 e. The van der Waals surface area contributed by atoms with Gasteiger partial charge in [0.15, 0.2) is 0 Å². The third-order valence-corrected chi connectivity index (χ3v) is 7.11. The fraction of sp³-hybridized carbons (Fsp3) is 0.296. The van der Waals surface area contributed by atoms with Crippen molar-refractivity contribution < 1.29 is 17.9 Å². The van der Waals surface area contributed by atoms with Gasteiger partial charge in [-0.1, -0.05) is 42.5 Å². The summed E-state index contributed by atoms with van der Waals surface area (Å²) in [6.07, 6.45) is 0. The van der Waals surface area contributed by atoms with Gasteiger partial charge in [0.25, 0.3) is 5.91 Å². The van der Waals surface area contributed by atoms with Gasteiger partial charge in [0, 0.05) is 23.8 Å². The number of benzene rings is 3. The van der Waals surface area contributed by atoms with Crippen LogP contribution in [0.25, 0.3) is 0 Å². The monoisotopic (exact) mass is 495 g/mol. The molecule has 0 radical (unpaired) electrons. The Balaban J connectivity index is 1.89. The number of anilines is 1. The van der Waals surface area contributed by atoms with Crippen molar-refractivity contribution in [3.63, 3.8) is 0 Å². The van der Waals surface area contributed by atoms with Crippen molar-refractivity contribution in [2.75, 3.05) is 12.4 Å². The molecule has 0 saturated carbocycles. The quantitative estimate of drug-likeness (QED) is 0.376. The Bertz CT molecular complexity index is 1270. The molecule has 1 atom stereocenters. The zero-order valence-corrected chi connectivity index (χ0v) is 21.6. The highest BCUT2D eigenvalue weighted by Gasteiger charge is 2.20. The van der Waals surface area contributed by atoms with E-state index in [0.717, 1.165) is 22.4 Å². The van der Waals surface area contributed by atoms with Crippen molar-refractivity contribution in [3.05, 3.63) is 89.0 Å². The highest BCUT2D eigenvalue weighted by molar-refractivity contribution is 7.89. The first-order chi connectivity index (χ1) is 16.6. The predicted molar refractivity (Wildman–Crippen MR) is 139 cm³/mol. The molecule has 3 aromatic carbocycles. The summed E-state index contributed by atoms with van der Waals surface area (Å²) in [6.45, 7) is 7.80. The van der Waals surface area contributed by atoms with E-state index < -0.39 is 10.0 Å². The summed E-state index contributed by atoms with van der Waals surface area (Å²) in [5, 5.41) is 6.22. The second kappa shape index (κ2) is 11.4. The van der Waals surface area contributed by atoms with E-state index in [2.05, 4.69) is 15.4 Å². The maximum Gasteiger partial charge on any atom is 0.251 e. The third-order valence-electron chi connectivity index (χ3n) is 5.47. The number of carbonyl (C=O) groups is 1. The standard InChI is InChI=1S/C27H33N3O4S/c1-18(2)30-35(32,33)25-15-23(27(31)29-20(4)22-9-7-6-8-10-22)14-24(16-25)28-17-21-11-12-26(34-5)19(3)13-21/h6-16,18,20,28,30H,17H2,1-5H3,(H,29,31)/t20-/m0/s1. The minimum atomic E-state index is -3.80. The number of methoxy groups -OCH3 is 1. The van der Waals surface area contributed by atoms with Gasteiger partial charge in [-0.2, -0.15) is 0 Å². The van der Waals surface area contributed by atoms with Gasteiger partial charge in [-0.25, -0.2) is 13.1 Å². The lowest BCUT2D eigenvalue weighted by Gasteiger charge is -2.17. The fourth-order valence-electron chi connectivity index (χ4n) is 3.73. The molecule has 1 amide bonds. The Labute approximate surface area is 208 Å². The number of rotatable bonds is 10. The molecule has 8 heteroatoms. The maximum atomic E-state index is 13.1. The number of carbonyl (C=O) groups excluding carboxylic acids is 1. The van der Waals surface area contributed by atoms with Gasteiger partial charge in [-0.3, -0.25) is 4.79 Å². The van der Waals surface area contributed by atoms with Crippen molar-refractivity contribution in [3.8, 4) is 5.75 Å². The first-order valence-corrected chi connectivity index (χ1v) is 13.0. The molecule has 0 aliphatic heterocycles. The lowest BCUT2D eigenvalue weighted by Crippen LogP contribution is -2.31. The van der Waals surface area contributed by atoms with Crippen molar-refractivity contribution in [1.29, 1.82) is 0 Å². The fourth-order valence-corrected chi connectivity index (χ4v) is 5.05. The Kier molecular flexibility index (Phi) is 8.53. The number of amides is 1. The molecule has 3 rings (SSSR count). The van der Waals surface area contributed by atoms with Gasteiger partial charge < -0.3 is 15.4 Å². The van der Waals surface area contributed by atoms with Crippen LogP contribution in [-0.4, -0.2) is 27.5 Å². The van der Waals surface area contributed by atoms with Crippen LogP contribution in [0.2, 0.25) is 0 Å². The van der Waals surface area contributed by atoms with Crippen LogP contribution < -0.4 is 20.1 Å². The molecule has 0 spiro atoms. The Hall–Kier alpha value is -3.36. The van der Waals surface area contributed by atoms with E-state index in [0.29, 0.717) is 12.2 Å². The molecule has 7 nitrogen and oxygen atoms in total. The van der Waals surface area contributed by atoms with E-state index in [1.54, 1.807) is 33.1 Å². The molecular weight excluding hydrogens is 462 g/mol. The molecule has 0 aliphatic carbocycles. The van der Waals surface area contributed by atoms with Crippen LogP contribution in [0, 0.1) is 6.92 Å². The van der Waals surface area contributed by atoms with Gasteiger partial charge in [-0.15, -0.1) is 0 Å². The van der Waals surface area contributed by atoms with Crippen LogP contribution in [0.15, 0.2) is 71.6 Å². The minimum absolute atomic E-state index is 0.0274. The number of nitrogens with one attached hydrogen (secondary N) is 3. The minimum Gasteiger partial charge on any atom is -0.496 e. The topological polar surface area (TPSA) is 96.5 Å². The molecule has 0 aromatic heterocycles. The first kappa shape index (κ1) is 26.2. The SMILES string of the molecule is COc1ccc(CNc2cc(C(=O)N[C@@H](C)c3ccccc3)cc(S(=O)(=O)NC(C)C)c2)cc1C. The Morgan fingerprint density at radius 1 is 0.971 bits per heavy atom. The van der Waals surface area contributed by atoms with Gasteiger partial charge in [0.2, 0.25) is 10.0 Å². The zero-order valence-electron chi connectivity index (χ0n) is 20.8. The molecule has 35 heavy (non-hydrogen) atoms. The summed E-state index contributed by atoms with van der Waals surface area (Å²) in [6, 6.07) is 19.5. The number of ether oxygens (including phenoxy) is 1. The molecule has 0 unspecified atom stereocenters. The number of hydrogen-bond acceptors (Lipinski definition) is 5. The largest absolute Gasteiger partial charge is 0.496 e. The van der Waals surface area contributed by atoms with Gasteiger partial charge >= 0.3 is 0 Å². The second-order valence-corrected chi connectivity index (χ2v) is 10.5. The zero-order chi connectivity index (χ0) is 25.6. The van der Waals surface area contributed by atoms with E-state index in [-0.39, 0.29) is 28.4 Å². The summed E-state index contributed by atoms with van der Waals surface area (Å²) < 4.78 is 33.7. The van der Waals surface area contributed by atoms with Crippen molar-refractivity contribution in [1.82, 2.24) is 10.0 Å². The van der Waals surface area contributed by atoms with Crippen molar-refractivity contribution in [2.45, 2.75) is 51.2 Å². The Morgan fingerprint density at radius 2 is 1.69 bits per heavy atom. The van der Waals surface area contributed by atoms with Gasteiger partial charge in [-0.05, 0) is 68.7 Å². The molecule has 0 saturated heterocycles.